The van der Waals surface area contributed by atoms with E-state index in [0.29, 0.717) is 0 Å². The molecule has 0 atom stereocenters. The highest BCUT2D eigenvalue weighted by Gasteiger charge is 2.50. The van der Waals surface area contributed by atoms with Gasteiger partial charge in [-0.05, 0) is 75.6 Å². The molecular weight excluding hydrogens is 472 g/mol. The summed E-state index contributed by atoms with van der Waals surface area (Å²) in [5.41, 5.74) is 8.97. The van der Waals surface area contributed by atoms with Crippen LogP contribution in [0, 0.1) is 0 Å². The maximum atomic E-state index is 12.4. The first-order chi connectivity index (χ1) is 18.2. The average molecular weight is 507 g/mol. The van der Waals surface area contributed by atoms with Crippen molar-refractivity contribution in [1.29, 1.82) is 0 Å². The normalized spacial score (nSPS) is 15.8. The highest BCUT2D eigenvalue weighted by Crippen LogP contribution is 2.50. The zero-order chi connectivity index (χ0) is 26.7. The average Bonchev–Trinajstić information content (AvgIpc) is 3.26. The molecular formula is C32H34N4O2. The number of fused-ring (bicyclic) bond motifs is 3. The maximum Gasteiger partial charge on any atom is 0.408 e. The largest absolute Gasteiger partial charge is 0.465 e. The van der Waals surface area contributed by atoms with Crippen molar-refractivity contribution in [3.63, 3.8) is 0 Å². The first-order valence-corrected chi connectivity index (χ1v) is 13.4. The minimum atomic E-state index is -0.862. The predicted molar refractivity (Wildman–Crippen MR) is 150 cm³/mol. The number of carbonyl (C=O) groups is 1. The number of hydrogen-bond acceptors (Lipinski definition) is 3. The summed E-state index contributed by atoms with van der Waals surface area (Å²) in [6.45, 7) is 5.94. The number of amides is 1. The molecule has 2 aromatic heterocycles. The van der Waals surface area contributed by atoms with Crippen molar-refractivity contribution in [1.82, 2.24) is 19.7 Å². The summed E-state index contributed by atoms with van der Waals surface area (Å²) >= 11 is 0. The third kappa shape index (κ3) is 3.82. The van der Waals surface area contributed by atoms with Gasteiger partial charge in [-0.1, -0.05) is 54.6 Å². The van der Waals surface area contributed by atoms with Gasteiger partial charge in [-0.3, -0.25) is 14.6 Å². The lowest BCUT2D eigenvalue weighted by Gasteiger charge is -2.54. The molecule has 6 heteroatoms. The minimum Gasteiger partial charge on any atom is -0.465 e. The Morgan fingerprint density at radius 3 is 2.29 bits per heavy atom. The monoisotopic (exact) mass is 506 g/mol. The summed E-state index contributed by atoms with van der Waals surface area (Å²) < 4.78 is 1.96. The molecule has 1 fully saturated rings. The Balaban J connectivity index is 1.47. The van der Waals surface area contributed by atoms with Crippen LogP contribution in [0.15, 0.2) is 66.9 Å². The van der Waals surface area contributed by atoms with Gasteiger partial charge in [-0.2, -0.15) is 5.10 Å². The smallest absolute Gasteiger partial charge is 0.408 e. The Morgan fingerprint density at radius 2 is 1.68 bits per heavy atom. The van der Waals surface area contributed by atoms with Crippen LogP contribution in [0.5, 0.6) is 0 Å². The van der Waals surface area contributed by atoms with E-state index in [4.69, 9.17) is 4.98 Å². The summed E-state index contributed by atoms with van der Waals surface area (Å²) in [5, 5.41) is 14.7. The second-order valence-corrected chi connectivity index (χ2v) is 11.6. The molecule has 194 valence electrons. The lowest BCUT2D eigenvalue weighted by molar-refractivity contribution is -0.0328. The molecule has 0 unspecified atom stereocenters. The van der Waals surface area contributed by atoms with Crippen LogP contribution in [-0.4, -0.2) is 36.4 Å². The second-order valence-electron chi connectivity index (χ2n) is 11.6. The van der Waals surface area contributed by atoms with Gasteiger partial charge < -0.3 is 5.11 Å². The fraction of sp³-hybridized carbons (Fsp3) is 0.344. The van der Waals surface area contributed by atoms with Crippen LogP contribution >= 0.6 is 0 Å². The van der Waals surface area contributed by atoms with Crippen LogP contribution in [0.1, 0.15) is 56.9 Å². The van der Waals surface area contributed by atoms with Gasteiger partial charge in [0, 0.05) is 29.3 Å². The number of carboxylic acid groups (broad SMARTS) is 1. The molecule has 6 rings (SSSR count). The molecule has 0 bridgehead atoms. The maximum absolute atomic E-state index is 12.4. The van der Waals surface area contributed by atoms with E-state index in [1.807, 2.05) is 44.8 Å². The molecule has 0 radical (unpaired) electrons. The molecule has 4 aromatic rings. The number of aromatic nitrogens is 3. The SMILES string of the molecule is Cn1ncc2c1-c1cc(-c3ccccc3)c(-c3ccc(C4(N(C(=O)O)C(C)(C)C)CCC4)cc3)nc1CC2. The van der Waals surface area contributed by atoms with E-state index in [0.717, 1.165) is 77.0 Å². The fourth-order valence-electron chi connectivity index (χ4n) is 6.47. The van der Waals surface area contributed by atoms with Gasteiger partial charge >= 0.3 is 6.09 Å². The van der Waals surface area contributed by atoms with E-state index < -0.39 is 17.2 Å². The number of pyridine rings is 1. The molecule has 0 saturated heterocycles. The Hall–Kier alpha value is -3.93. The van der Waals surface area contributed by atoms with Gasteiger partial charge in [-0.25, -0.2) is 4.79 Å². The van der Waals surface area contributed by atoms with Crippen LogP contribution in [0.2, 0.25) is 0 Å². The van der Waals surface area contributed by atoms with E-state index in [-0.39, 0.29) is 0 Å². The topological polar surface area (TPSA) is 71.2 Å². The summed E-state index contributed by atoms with van der Waals surface area (Å²) in [4.78, 5) is 19.3. The fourth-order valence-corrected chi connectivity index (χ4v) is 6.47. The van der Waals surface area contributed by atoms with Crippen LogP contribution in [0.3, 0.4) is 0 Å². The molecule has 2 aliphatic carbocycles. The molecule has 2 aliphatic rings. The van der Waals surface area contributed by atoms with E-state index in [1.54, 1.807) is 4.90 Å². The Bertz CT molecular complexity index is 1510. The van der Waals surface area contributed by atoms with Gasteiger partial charge in [0.15, 0.2) is 0 Å². The Morgan fingerprint density at radius 1 is 0.974 bits per heavy atom. The Kier molecular flexibility index (Phi) is 5.67. The number of benzene rings is 2. The summed E-state index contributed by atoms with van der Waals surface area (Å²) in [6.07, 6.45) is 5.65. The highest BCUT2D eigenvalue weighted by atomic mass is 16.4. The van der Waals surface area contributed by atoms with Crippen LogP contribution < -0.4 is 0 Å². The molecule has 1 N–H and O–H groups in total. The van der Waals surface area contributed by atoms with Gasteiger partial charge in [0.05, 0.1) is 28.8 Å². The summed E-state index contributed by atoms with van der Waals surface area (Å²) in [5.74, 6) is 0. The highest BCUT2D eigenvalue weighted by molar-refractivity contribution is 5.86. The van der Waals surface area contributed by atoms with Crippen LogP contribution in [0.25, 0.3) is 33.6 Å². The van der Waals surface area contributed by atoms with E-state index >= 15 is 0 Å². The van der Waals surface area contributed by atoms with Crippen molar-refractivity contribution in [2.24, 2.45) is 7.05 Å². The summed E-state index contributed by atoms with van der Waals surface area (Å²) in [6, 6.07) is 21.2. The molecule has 6 nitrogen and oxygen atoms in total. The van der Waals surface area contributed by atoms with Crippen molar-refractivity contribution >= 4 is 6.09 Å². The number of hydrogen-bond donors (Lipinski definition) is 1. The molecule has 0 aliphatic heterocycles. The van der Waals surface area contributed by atoms with Crippen molar-refractivity contribution in [3.05, 3.63) is 83.7 Å². The molecule has 2 aromatic carbocycles. The van der Waals surface area contributed by atoms with E-state index in [2.05, 4.69) is 59.7 Å². The van der Waals surface area contributed by atoms with Gasteiger partial charge in [0.1, 0.15) is 0 Å². The Labute approximate surface area is 224 Å². The first kappa shape index (κ1) is 24.4. The molecule has 0 spiro atoms. The van der Waals surface area contributed by atoms with Crippen molar-refractivity contribution in [3.8, 4) is 33.6 Å². The summed E-state index contributed by atoms with van der Waals surface area (Å²) in [7, 11) is 2.00. The molecule has 2 heterocycles. The van der Waals surface area contributed by atoms with Crippen molar-refractivity contribution < 1.29 is 9.90 Å². The minimum absolute atomic E-state index is 0.482. The van der Waals surface area contributed by atoms with Gasteiger partial charge in [-0.15, -0.1) is 0 Å². The zero-order valence-corrected chi connectivity index (χ0v) is 22.5. The van der Waals surface area contributed by atoms with Crippen LogP contribution in [-0.2, 0) is 25.4 Å². The van der Waals surface area contributed by atoms with Crippen molar-refractivity contribution in [2.75, 3.05) is 0 Å². The standard InChI is InChI=1S/C32H34N4O2/c1-31(2,3)36(30(37)38)32(17-8-18-32)24-14-11-22(12-15-24)28-25(21-9-6-5-7-10-21)19-26-27(34-28)16-13-23-20-33-35(4)29(23)26/h5-7,9-12,14-15,19-20H,8,13,16-18H2,1-4H3,(H,37,38). The third-order valence-electron chi connectivity index (χ3n) is 8.25. The number of nitrogens with zero attached hydrogens (tertiary/aromatic N) is 4. The number of rotatable bonds is 4. The predicted octanol–water partition coefficient (Wildman–Crippen LogP) is 7.07. The van der Waals surface area contributed by atoms with E-state index in [1.165, 1.54) is 5.56 Å². The first-order valence-electron chi connectivity index (χ1n) is 13.4. The molecule has 1 saturated carbocycles. The van der Waals surface area contributed by atoms with E-state index in [9.17, 15) is 9.90 Å². The van der Waals surface area contributed by atoms with Crippen molar-refractivity contribution in [2.45, 2.75) is 64.0 Å². The second kappa shape index (κ2) is 8.83. The van der Waals surface area contributed by atoms with Crippen LogP contribution in [0.4, 0.5) is 4.79 Å². The zero-order valence-electron chi connectivity index (χ0n) is 22.5. The number of aryl methyl sites for hydroxylation is 3. The molecule has 1 amide bonds. The lowest BCUT2D eigenvalue weighted by Crippen LogP contribution is -2.60. The third-order valence-corrected chi connectivity index (χ3v) is 8.25. The molecule has 38 heavy (non-hydrogen) atoms. The lowest BCUT2D eigenvalue weighted by atomic mass is 9.69. The van der Waals surface area contributed by atoms with Gasteiger partial charge in [0.2, 0.25) is 0 Å². The van der Waals surface area contributed by atoms with Gasteiger partial charge in [0.25, 0.3) is 0 Å². The quantitative estimate of drug-likeness (QED) is 0.321.